The third-order valence-electron chi connectivity index (χ3n) is 6.40. The van der Waals surface area contributed by atoms with E-state index in [1.807, 2.05) is 12.1 Å². The number of phenolic OH excluding ortho intramolecular Hbond substituents is 1. The van der Waals surface area contributed by atoms with Gasteiger partial charge in [0.15, 0.2) is 0 Å². The second-order valence-electron chi connectivity index (χ2n) is 11.3. The average molecular weight is 457 g/mol. The molecule has 0 fully saturated rings. The summed E-state index contributed by atoms with van der Waals surface area (Å²) < 4.78 is 7.62. The molecule has 4 aromatic rings. The molecule has 0 aliphatic carbocycles. The van der Waals surface area contributed by atoms with Crippen LogP contribution in [-0.4, -0.2) is 21.8 Å². The molecule has 1 heterocycles. The van der Waals surface area contributed by atoms with E-state index in [4.69, 9.17) is 9.72 Å². The lowest BCUT2D eigenvalue weighted by atomic mass is 9.79. The van der Waals surface area contributed by atoms with Crippen molar-refractivity contribution in [2.24, 2.45) is 0 Å². The molecule has 0 saturated carbocycles. The molecule has 1 aromatic heterocycles. The number of aromatic hydroxyl groups is 1. The number of ether oxygens (including phenoxy) is 1. The van der Waals surface area contributed by atoms with Gasteiger partial charge in [-0.05, 0) is 78.3 Å². The Hall–Kier alpha value is -3.27. The second-order valence-corrected chi connectivity index (χ2v) is 11.3. The maximum absolute atomic E-state index is 11.3. The van der Waals surface area contributed by atoms with Crippen molar-refractivity contribution < 1.29 is 9.84 Å². The van der Waals surface area contributed by atoms with Crippen LogP contribution in [0, 0.1) is 13.8 Å². The van der Waals surface area contributed by atoms with Gasteiger partial charge in [-0.1, -0.05) is 47.6 Å². The van der Waals surface area contributed by atoms with Crippen LogP contribution in [0.15, 0.2) is 48.5 Å². The number of hydrogen-bond donors (Lipinski definition) is 1. The first-order chi connectivity index (χ1) is 15.8. The van der Waals surface area contributed by atoms with Crippen LogP contribution in [0.1, 0.15) is 63.8 Å². The molecule has 0 spiro atoms. The summed E-state index contributed by atoms with van der Waals surface area (Å²) in [6, 6.07) is 16.6. The molecule has 34 heavy (non-hydrogen) atoms. The van der Waals surface area contributed by atoms with Crippen LogP contribution in [0.25, 0.3) is 28.1 Å². The molecule has 0 unspecified atom stereocenters. The molecule has 4 rings (SSSR count). The van der Waals surface area contributed by atoms with Crippen LogP contribution in [0.4, 0.5) is 0 Å². The predicted molar refractivity (Wildman–Crippen MR) is 142 cm³/mol. The molecule has 0 saturated heterocycles. The Balaban J connectivity index is 2.13. The molecule has 0 radical (unpaired) electrons. The molecule has 0 atom stereocenters. The second kappa shape index (κ2) is 8.19. The van der Waals surface area contributed by atoms with Crippen molar-refractivity contribution in [2.45, 2.75) is 66.2 Å². The highest BCUT2D eigenvalue weighted by molar-refractivity contribution is 5.87. The van der Waals surface area contributed by atoms with Gasteiger partial charge in [-0.2, -0.15) is 0 Å². The first-order valence-electron chi connectivity index (χ1n) is 11.8. The summed E-state index contributed by atoms with van der Waals surface area (Å²) in [4.78, 5) is 5.10. The number of aromatic nitrogens is 2. The minimum atomic E-state index is -0.220. The molecule has 3 aromatic carbocycles. The molecule has 0 bridgehead atoms. The van der Waals surface area contributed by atoms with Gasteiger partial charge in [0.05, 0.1) is 18.1 Å². The Morgan fingerprint density at radius 2 is 1.38 bits per heavy atom. The number of methoxy groups -OCH3 is 1. The molecule has 178 valence electrons. The first kappa shape index (κ1) is 23.9. The van der Waals surface area contributed by atoms with Gasteiger partial charge >= 0.3 is 0 Å². The van der Waals surface area contributed by atoms with E-state index in [9.17, 15) is 5.11 Å². The zero-order valence-corrected chi connectivity index (χ0v) is 21.9. The quantitative estimate of drug-likeness (QED) is 0.345. The molecule has 4 nitrogen and oxygen atoms in total. The van der Waals surface area contributed by atoms with Crippen molar-refractivity contribution in [1.29, 1.82) is 0 Å². The van der Waals surface area contributed by atoms with Gasteiger partial charge in [0.25, 0.3) is 0 Å². The van der Waals surface area contributed by atoms with Crippen molar-refractivity contribution in [3.63, 3.8) is 0 Å². The summed E-state index contributed by atoms with van der Waals surface area (Å²) >= 11 is 0. The lowest BCUT2D eigenvalue weighted by molar-refractivity contribution is 0.415. The minimum absolute atomic E-state index is 0.220. The molecular weight excluding hydrogens is 420 g/mol. The zero-order chi connectivity index (χ0) is 25.0. The number of fused-ring (bicyclic) bond motifs is 1. The Kier molecular flexibility index (Phi) is 5.75. The van der Waals surface area contributed by atoms with Crippen molar-refractivity contribution in [2.75, 3.05) is 7.11 Å². The number of aryl methyl sites for hydroxylation is 2. The van der Waals surface area contributed by atoms with Crippen LogP contribution in [-0.2, 0) is 10.8 Å². The SMILES string of the molecule is COc1ccc(-c2nc3cc(C)cc(C)c3n2-c2cc(C(C)(C)C)c(O)c(C(C)(C)C)c2)cc1. The summed E-state index contributed by atoms with van der Waals surface area (Å²) in [6.07, 6.45) is 0. The van der Waals surface area contributed by atoms with E-state index in [1.165, 1.54) is 11.1 Å². The van der Waals surface area contributed by atoms with Crippen LogP contribution >= 0.6 is 0 Å². The third kappa shape index (κ3) is 4.18. The van der Waals surface area contributed by atoms with E-state index >= 15 is 0 Å². The van der Waals surface area contributed by atoms with E-state index in [2.05, 4.69) is 96.4 Å². The zero-order valence-electron chi connectivity index (χ0n) is 21.9. The fourth-order valence-corrected chi connectivity index (χ4v) is 4.66. The number of phenols is 1. The molecule has 0 amide bonds. The average Bonchev–Trinajstić information content (AvgIpc) is 3.12. The highest BCUT2D eigenvalue weighted by Gasteiger charge is 2.28. The minimum Gasteiger partial charge on any atom is -0.507 e. The topological polar surface area (TPSA) is 47.3 Å². The highest BCUT2D eigenvalue weighted by Crippen LogP contribution is 2.42. The Morgan fingerprint density at radius 3 is 1.88 bits per heavy atom. The highest BCUT2D eigenvalue weighted by atomic mass is 16.5. The van der Waals surface area contributed by atoms with Gasteiger partial charge < -0.3 is 9.84 Å². The van der Waals surface area contributed by atoms with Crippen LogP contribution in [0.2, 0.25) is 0 Å². The monoisotopic (exact) mass is 456 g/mol. The molecule has 1 N–H and O–H groups in total. The van der Waals surface area contributed by atoms with Crippen LogP contribution in [0.3, 0.4) is 0 Å². The van der Waals surface area contributed by atoms with Crippen molar-refractivity contribution in [3.05, 3.63) is 70.8 Å². The summed E-state index contributed by atoms with van der Waals surface area (Å²) in [7, 11) is 1.68. The van der Waals surface area contributed by atoms with Crippen molar-refractivity contribution in [3.8, 4) is 28.6 Å². The summed E-state index contributed by atoms with van der Waals surface area (Å²) in [5.41, 5.74) is 7.85. The lowest BCUT2D eigenvalue weighted by Gasteiger charge is -2.28. The van der Waals surface area contributed by atoms with Crippen LogP contribution < -0.4 is 4.74 Å². The molecular formula is C30H36N2O2. The number of imidazole rings is 1. The van der Waals surface area contributed by atoms with E-state index in [0.29, 0.717) is 5.75 Å². The van der Waals surface area contributed by atoms with E-state index in [-0.39, 0.29) is 10.8 Å². The smallest absolute Gasteiger partial charge is 0.145 e. The van der Waals surface area contributed by atoms with Gasteiger partial charge in [-0.25, -0.2) is 4.98 Å². The van der Waals surface area contributed by atoms with Gasteiger partial charge in [0.1, 0.15) is 17.3 Å². The fraction of sp³-hybridized carbons (Fsp3) is 0.367. The Bertz CT molecular complexity index is 1330. The predicted octanol–water partition coefficient (Wildman–Crippen LogP) is 7.62. The number of rotatable bonds is 3. The van der Waals surface area contributed by atoms with Gasteiger partial charge in [0.2, 0.25) is 0 Å². The van der Waals surface area contributed by atoms with E-state index < -0.39 is 0 Å². The van der Waals surface area contributed by atoms with Gasteiger partial charge in [-0.15, -0.1) is 0 Å². The van der Waals surface area contributed by atoms with E-state index in [0.717, 1.165) is 45.0 Å². The first-order valence-corrected chi connectivity index (χ1v) is 11.8. The van der Waals surface area contributed by atoms with Crippen molar-refractivity contribution in [1.82, 2.24) is 9.55 Å². The lowest BCUT2D eigenvalue weighted by Crippen LogP contribution is -2.18. The van der Waals surface area contributed by atoms with Crippen LogP contribution in [0.5, 0.6) is 11.5 Å². The number of benzene rings is 3. The summed E-state index contributed by atoms with van der Waals surface area (Å²) in [5, 5.41) is 11.3. The fourth-order valence-electron chi connectivity index (χ4n) is 4.66. The molecule has 4 heteroatoms. The Labute approximate surface area is 203 Å². The normalized spacial score (nSPS) is 12.4. The molecule has 0 aliphatic heterocycles. The van der Waals surface area contributed by atoms with E-state index in [1.54, 1.807) is 7.11 Å². The number of hydrogen-bond acceptors (Lipinski definition) is 3. The maximum atomic E-state index is 11.3. The summed E-state index contributed by atoms with van der Waals surface area (Å²) in [6.45, 7) is 17.1. The largest absolute Gasteiger partial charge is 0.507 e. The summed E-state index contributed by atoms with van der Waals surface area (Å²) in [5.74, 6) is 2.07. The van der Waals surface area contributed by atoms with Gasteiger partial charge in [0, 0.05) is 22.4 Å². The molecule has 0 aliphatic rings. The standard InChI is InChI=1S/C30H36N2O2/c1-18-14-19(2)26-25(15-18)31-28(20-10-12-22(34-9)13-11-20)32(26)21-16-23(29(3,4)5)27(33)24(17-21)30(6,7)8/h10-17,33H,1-9H3. The van der Waals surface area contributed by atoms with Crippen molar-refractivity contribution >= 4 is 11.0 Å². The Morgan fingerprint density at radius 1 is 0.824 bits per heavy atom. The maximum Gasteiger partial charge on any atom is 0.145 e. The van der Waals surface area contributed by atoms with Gasteiger partial charge in [-0.3, -0.25) is 4.57 Å². The number of nitrogens with zero attached hydrogens (tertiary/aromatic N) is 2. The third-order valence-corrected chi connectivity index (χ3v) is 6.40.